The van der Waals surface area contributed by atoms with Gasteiger partial charge in [0.2, 0.25) is 11.8 Å². The molecule has 0 unspecified atom stereocenters. The van der Waals surface area contributed by atoms with Crippen molar-refractivity contribution in [3.63, 3.8) is 0 Å². The average molecular weight is 441 g/mol. The van der Waals surface area contributed by atoms with Gasteiger partial charge in [0.05, 0.1) is 5.56 Å². The summed E-state index contributed by atoms with van der Waals surface area (Å²) < 4.78 is 5.46. The lowest BCUT2D eigenvalue weighted by Gasteiger charge is -2.25. The molecule has 8 nitrogen and oxygen atoms in total. The summed E-state index contributed by atoms with van der Waals surface area (Å²) in [5.74, 6) is 0.561. The van der Waals surface area contributed by atoms with Gasteiger partial charge in [0.1, 0.15) is 11.5 Å². The second-order valence-corrected chi connectivity index (χ2v) is 8.66. The van der Waals surface area contributed by atoms with Crippen LogP contribution in [0.25, 0.3) is 0 Å². The van der Waals surface area contributed by atoms with Crippen LogP contribution in [0, 0.1) is 19.8 Å². The summed E-state index contributed by atoms with van der Waals surface area (Å²) in [6, 6.07) is 5.30. The van der Waals surface area contributed by atoms with E-state index in [4.69, 9.17) is 4.42 Å². The Morgan fingerprint density at radius 3 is 2.75 bits per heavy atom. The second-order valence-electron chi connectivity index (χ2n) is 8.66. The molecule has 0 aromatic carbocycles. The van der Waals surface area contributed by atoms with Gasteiger partial charge in [-0.3, -0.25) is 19.4 Å². The summed E-state index contributed by atoms with van der Waals surface area (Å²) in [6.45, 7) is 4.43. The van der Waals surface area contributed by atoms with Crippen molar-refractivity contribution in [2.75, 3.05) is 20.6 Å². The first kappa shape index (κ1) is 23.5. The molecule has 32 heavy (non-hydrogen) atoms. The first-order valence-electron chi connectivity index (χ1n) is 11.0. The molecule has 2 atom stereocenters. The maximum absolute atomic E-state index is 13.1. The molecule has 3 rings (SSSR count). The highest BCUT2D eigenvalue weighted by Gasteiger charge is 2.29. The summed E-state index contributed by atoms with van der Waals surface area (Å²) in [4.78, 5) is 45.9. The van der Waals surface area contributed by atoms with Crippen molar-refractivity contribution >= 4 is 17.7 Å². The summed E-state index contributed by atoms with van der Waals surface area (Å²) in [6.07, 6.45) is 5.64. The predicted molar refractivity (Wildman–Crippen MR) is 120 cm³/mol. The summed E-state index contributed by atoms with van der Waals surface area (Å²) in [5, 5.41) is 3.04. The Kier molecular flexibility index (Phi) is 7.66. The fraction of sp³-hybridized carbons (Fsp3) is 0.500. The molecule has 3 heterocycles. The number of hydrogen-bond donors (Lipinski definition) is 1. The molecule has 0 bridgehead atoms. The van der Waals surface area contributed by atoms with E-state index in [0.29, 0.717) is 43.0 Å². The Morgan fingerprint density at radius 2 is 2.09 bits per heavy atom. The molecule has 2 aromatic heterocycles. The average Bonchev–Trinajstić information content (AvgIpc) is 3.12. The van der Waals surface area contributed by atoms with E-state index in [1.807, 2.05) is 12.1 Å². The number of furan rings is 1. The van der Waals surface area contributed by atoms with E-state index in [-0.39, 0.29) is 36.1 Å². The molecule has 0 radical (unpaired) electrons. The van der Waals surface area contributed by atoms with Crippen LogP contribution in [0.1, 0.15) is 53.1 Å². The minimum absolute atomic E-state index is 0.0393. The molecular weight excluding hydrogens is 408 g/mol. The molecule has 0 saturated carbocycles. The van der Waals surface area contributed by atoms with Crippen molar-refractivity contribution in [2.24, 2.45) is 5.92 Å². The van der Waals surface area contributed by atoms with Crippen molar-refractivity contribution in [1.82, 2.24) is 20.1 Å². The summed E-state index contributed by atoms with van der Waals surface area (Å²) in [5.41, 5.74) is 1.46. The molecule has 1 aliphatic heterocycles. The third-order valence-electron chi connectivity index (χ3n) is 5.94. The maximum Gasteiger partial charge on any atom is 0.255 e. The standard InChI is InChI=1S/C24H32N4O4/c1-16-11-21(17(2)32-16)23(30)26-20-9-5-8-19(12-22(29)27(3)15-20)24(31)28(4)14-18-7-6-10-25-13-18/h6-7,10-11,13,19-20H,5,8-9,12,14-15H2,1-4H3,(H,26,30)/t19-,20-/m1/s1. The number of aromatic nitrogens is 1. The fourth-order valence-corrected chi connectivity index (χ4v) is 4.21. The van der Waals surface area contributed by atoms with Crippen molar-refractivity contribution in [3.05, 3.63) is 53.2 Å². The third-order valence-corrected chi connectivity index (χ3v) is 5.94. The Morgan fingerprint density at radius 1 is 1.31 bits per heavy atom. The predicted octanol–water partition coefficient (Wildman–Crippen LogP) is 2.70. The number of carbonyl (C=O) groups is 3. The van der Waals surface area contributed by atoms with Gasteiger partial charge in [0.15, 0.2) is 0 Å². The van der Waals surface area contributed by atoms with Gasteiger partial charge in [-0.1, -0.05) is 12.5 Å². The van der Waals surface area contributed by atoms with Gasteiger partial charge >= 0.3 is 0 Å². The lowest BCUT2D eigenvalue weighted by molar-refractivity contribution is -0.140. The third kappa shape index (κ3) is 5.96. The molecule has 172 valence electrons. The van der Waals surface area contributed by atoms with Gasteiger partial charge in [-0.25, -0.2) is 0 Å². The van der Waals surface area contributed by atoms with E-state index in [1.165, 1.54) is 0 Å². The molecule has 1 saturated heterocycles. The first-order chi connectivity index (χ1) is 15.2. The van der Waals surface area contributed by atoms with Crippen LogP contribution >= 0.6 is 0 Å². The SMILES string of the molecule is Cc1cc(C(=O)N[C@@H]2CCC[C@@H](C(=O)N(C)Cc3cccnc3)CC(=O)N(C)C2)c(C)o1. The quantitative estimate of drug-likeness (QED) is 0.771. The van der Waals surface area contributed by atoms with E-state index < -0.39 is 0 Å². The number of aryl methyl sites for hydroxylation is 2. The van der Waals surface area contributed by atoms with Gasteiger partial charge in [-0.2, -0.15) is 0 Å². The van der Waals surface area contributed by atoms with Crippen LogP contribution in [0.3, 0.4) is 0 Å². The van der Waals surface area contributed by atoms with Crippen molar-refractivity contribution in [3.8, 4) is 0 Å². The zero-order chi connectivity index (χ0) is 23.3. The minimum atomic E-state index is -0.375. The zero-order valence-corrected chi connectivity index (χ0v) is 19.3. The summed E-state index contributed by atoms with van der Waals surface area (Å²) in [7, 11) is 3.48. The molecule has 0 spiro atoms. The van der Waals surface area contributed by atoms with Crippen LogP contribution in [0.15, 0.2) is 35.0 Å². The number of carbonyl (C=O) groups excluding carboxylic acids is 3. The Hall–Kier alpha value is -3.16. The largest absolute Gasteiger partial charge is 0.466 e. The lowest BCUT2D eigenvalue weighted by atomic mass is 9.95. The van der Waals surface area contributed by atoms with Gasteiger partial charge < -0.3 is 19.5 Å². The number of hydrogen-bond acceptors (Lipinski definition) is 5. The smallest absolute Gasteiger partial charge is 0.255 e. The highest BCUT2D eigenvalue weighted by molar-refractivity contribution is 5.95. The lowest BCUT2D eigenvalue weighted by Crippen LogP contribution is -2.44. The van der Waals surface area contributed by atoms with E-state index in [0.717, 1.165) is 12.0 Å². The number of nitrogens with one attached hydrogen (secondary N) is 1. The Balaban J connectivity index is 1.63. The molecule has 0 aliphatic carbocycles. The highest BCUT2D eigenvalue weighted by Crippen LogP contribution is 2.22. The number of pyridine rings is 1. The van der Waals surface area contributed by atoms with Crippen molar-refractivity contribution < 1.29 is 18.8 Å². The Labute approximate surface area is 189 Å². The van der Waals surface area contributed by atoms with Crippen LogP contribution in [0.2, 0.25) is 0 Å². The van der Waals surface area contributed by atoms with Crippen LogP contribution < -0.4 is 5.32 Å². The number of rotatable bonds is 5. The topological polar surface area (TPSA) is 95.8 Å². The second kappa shape index (κ2) is 10.4. The van der Waals surface area contributed by atoms with Crippen molar-refractivity contribution in [2.45, 2.75) is 52.1 Å². The van der Waals surface area contributed by atoms with E-state index in [9.17, 15) is 14.4 Å². The Bertz CT molecular complexity index is 956. The van der Waals surface area contributed by atoms with Gasteiger partial charge in [-0.15, -0.1) is 0 Å². The number of amides is 3. The fourth-order valence-electron chi connectivity index (χ4n) is 4.21. The number of nitrogens with zero attached hydrogens (tertiary/aromatic N) is 3. The van der Waals surface area contributed by atoms with Gasteiger partial charge in [0.25, 0.3) is 5.91 Å². The first-order valence-corrected chi connectivity index (χ1v) is 11.0. The van der Waals surface area contributed by atoms with Crippen LogP contribution in [-0.4, -0.2) is 59.2 Å². The van der Waals surface area contributed by atoms with E-state index in [2.05, 4.69) is 10.3 Å². The van der Waals surface area contributed by atoms with Crippen LogP contribution in [0.5, 0.6) is 0 Å². The minimum Gasteiger partial charge on any atom is -0.466 e. The zero-order valence-electron chi connectivity index (χ0n) is 19.3. The van der Waals surface area contributed by atoms with Crippen LogP contribution in [0.4, 0.5) is 0 Å². The molecule has 1 fully saturated rings. The molecule has 2 aromatic rings. The van der Waals surface area contributed by atoms with Gasteiger partial charge in [0, 0.05) is 58.0 Å². The molecule has 8 heteroatoms. The van der Waals surface area contributed by atoms with E-state index in [1.54, 1.807) is 56.2 Å². The normalized spacial score (nSPS) is 19.6. The maximum atomic E-state index is 13.1. The number of likely N-dealkylation sites (N-methyl/N-ethyl adjacent to an activating group) is 1. The molecule has 1 aliphatic rings. The van der Waals surface area contributed by atoms with Crippen molar-refractivity contribution in [1.29, 1.82) is 0 Å². The summed E-state index contributed by atoms with van der Waals surface area (Å²) >= 11 is 0. The van der Waals surface area contributed by atoms with Gasteiger partial charge in [-0.05, 0) is 44.4 Å². The monoisotopic (exact) mass is 440 g/mol. The molecule has 1 N–H and O–H groups in total. The molecular formula is C24H32N4O4. The molecule has 3 amide bonds. The van der Waals surface area contributed by atoms with E-state index >= 15 is 0 Å². The van der Waals surface area contributed by atoms with Crippen LogP contribution in [-0.2, 0) is 16.1 Å². The highest BCUT2D eigenvalue weighted by atomic mass is 16.3.